The molecule has 0 N–H and O–H groups in total. The standard InChI is InChI=1S/C22H30S.5FH/c1-2-3-4-5-6-8-11-20-14-16-21(17-15-20)18-19-23-22-12-9-7-10-13-22;;;;;/h7,9-10,12-17H,2-6,8,11,18-19H2,1H3;5*1H. The SMILES string of the molecule is CCCCCCCCc1ccc(CCSc2ccccc2)cc1.F.F.F.F.F. The van der Waals surface area contributed by atoms with Gasteiger partial charge >= 0.3 is 0 Å². The van der Waals surface area contributed by atoms with Crippen molar-refractivity contribution in [1.29, 1.82) is 0 Å². The van der Waals surface area contributed by atoms with Crippen LogP contribution in [0.15, 0.2) is 59.5 Å². The first kappa shape index (κ1) is 34.0. The van der Waals surface area contributed by atoms with E-state index >= 15 is 0 Å². The van der Waals surface area contributed by atoms with Crippen molar-refractivity contribution in [2.75, 3.05) is 5.75 Å². The Bertz CT molecular complexity index is 534. The van der Waals surface area contributed by atoms with Crippen molar-refractivity contribution >= 4 is 11.8 Å². The van der Waals surface area contributed by atoms with E-state index in [1.54, 1.807) is 0 Å². The maximum absolute atomic E-state index is 2.33. The fraction of sp³-hybridized carbons (Fsp3) is 0.455. The Kier molecular flexibility index (Phi) is 26.4. The molecule has 0 aromatic heterocycles. The summed E-state index contributed by atoms with van der Waals surface area (Å²) in [5.41, 5.74) is 2.96. The maximum Gasteiger partial charge on any atom is 0.00720 e. The number of hydrogen-bond donors (Lipinski definition) is 0. The number of halogens is 5. The molecule has 0 aliphatic heterocycles. The van der Waals surface area contributed by atoms with E-state index in [1.165, 1.54) is 61.0 Å². The van der Waals surface area contributed by atoms with Crippen LogP contribution in [-0.2, 0) is 12.8 Å². The van der Waals surface area contributed by atoms with E-state index in [0.717, 1.165) is 12.2 Å². The summed E-state index contributed by atoms with van der Waals surface area (Å²) in [6.07, 6.45) is 10.7. The van der Waals surface area contributed by atoms with Crippen LogP contribution in [0, 0.1) is 0 Å². The first-order valence-corrected chi connectivity index (χ1v) is 10.1. The van der Waals surface area contributed by atoms with Gasteiger partial charge in [-0.05, 0) is 42.5 Å². The topological polar surface area (TPSA) is 0 Å². The van der Waals surface area contributed by atoms with Gasteiger partial charge in [0.15, 0.2) is 0 Å². The second-order valence-electron chi connectivity index (χ2n) is 6.25. The Hall–Kier alpha value is -1.56. The van der Waals surface area contributed by atoms with Crippen LogP contribution < -0.4 is 0 Å². The van der Waals surface area contributed by atoms with Gasteiger partial charge in [0.05, 0.1) is 0 Å². The van der Waals surface area contributed by atoms with Gasteiger partial charge in [0.25, 0.3) is 0 Å². The minimum Gasteiger partial charge on any atom is -0.269 e. The third kappa shape index (κ3) is 14.5. The number of aryl methyl sites for hydroxylation is 2. The van der Waals surface area contributed by atoms with Gasteiger partial charge in [0.2, 0.25) is 0 Å². The third-order valence-electron chi connectivity index (χ3n) is 4.24. The van der Waals surface area contributed by atoms with Gasteiger partial charge in [-0.1, -0.05) is 81.5 Å². The van der Waals surface area contributed by atoms with Crippen molar-refractivity contribution < 1.29 is 23.5 Å². The highest BCUT2D eigenvalue weighted by Crippen LogP contribution is 2.19. The van der Waals surface area contributed by atoms with Gasteiger partial charge in [-0.25, -0.2) is 0 Å². The quantitative estimate of drug-likeness (QED) is 0.202. The number of hydrogen-bond acceptors (Lipinski definition) is 1. The molecule has 0 saturated heterocycles. The fourth-order valence-electron chi connectivity index (χ4n) is 2.79. The van der Waals surface area contributed by atoms with Crippen molar-refractivity contribution in [3.63, 3.8) is 0 Å². The van der Waals surface area contributed by atoms with Gasteiger partial charge in [0.1, 0.15) is 0 Å². The fourth-order valence-corrected chi connectivity index (χ4v) is 3.71. The summed E-state index contributed by atoms with van der Waals surface area (Å²) >= 11 is 1.94. The van der Waals surface area contributed by atoms with Gasteiger partial charge in [-0.15, -0.1) is 11.8 Å². The highest BCUT2D eigenvalue weighted by atomic mass is 32.2. The van der Waals surface area contributed by atoms with Crippen molar-refractivity contribution in [3.05, 3.63) is 65.7 Å². The summed E-state index contributed by atoms with van der Waals surface area (Å²) in [7, 11) is 0. The smallest absolute Gasteiger partial charge is 0.00720 e. The van der Waals surface area contributed by atoms with Crippen LogP contribution in [0.2, 0.25) is 0 Å². The van der Waals surface area contributed by atoms with Crippen LogP contribution >= 0.6 is 11.8 Å². The zero-order chi connectivity index (χ0) is 16.2. The Balaban J connectivity index is -0.000000576. The average Bonchev–Trinajstić information content (AvgIpc) is 2.60. The normalized spacial score (nSPS) is 8.89. The van der Waals surface area contributed by atoms with Crippen LogP contribution in [-0.4, -0.2) is 5.75 Å². The second kappa shape index (κ2) is 21.7. The molecule has 0 amide bonds. The molecule has 0 aliphatic carbocycles. The maximum atomic E-state index is 2.33. The molecule has 0 saturated carbocycles. The number of rotatable bonds is 11. The predicted octanol–water partition coefficient (Wildman–Crippen LogP) is 7.69. The number of thioether (sulfide) groups is 1. The Labute approximate surface area is 170 Å². The monoisotopic (exact) mass is 426 g/mol. The Morgan fingerprint density at radius 1 is 0.571 bits per heavy atom. The van der Waals surface area contributed by atoms with Crippen LogP contribution in [0.25, 0.3) is 0 Å². The zero-order valence-corrected chi connectivity index (χ0v) is 17.3. The summed E-state index contributed by atoms with van der Waals surface area (Å²) in [5.74, 6) is 1.15. The summed E-state index contributed by atoms with van der Waals surface area (Å²) < 4.78 is 0. The van der Waals surface area contributed by atoms with Crippen LogP contribution in [0.3, 0.4) is 0 Å². The third-order valence-corrected chi connectivity index (χ3v) is 5.26. The molecule has 0 heterocycles. The Morgan fingerprint density at radius 3 is 1.64 bits per heavy atom. The van der Waals surface area contributed by atoms with Crippen molar-refractivity contribution in [1.82, 2.24) is 0 Å². The van der Waals surface area contributed by atoms with Crippen molar-refractivity contribution in [3.8, 4) is 0 Å². The zero-order valence-electron chi connectivity index (χ0n) is 16.5. The van der Waals surface area contributed by atoms with E-state index in [1.807, 2.05) is 11.8 Å². The molecule has 6 heteroatoms. The number of benzene rings is 2. The summed E-state index contributed by atoms with van der Waals surface area (Å²) in [6, 6.07) is 20.0. The van der Waals surface area contributed by atoms with E-state index in [9.17, 15) is 0 Å². The lowest BCUT2D eigenvalue weighted by atomic mass is 10.0. The second-order valence-corrected chi connectivity index (χ2v) is 7.41. The minimum atomic E-state index is 0. The first-order chi connectivity index (χ1) is 11.4. The highest BCUT2D eigenvalue weighted by Gasteiger charge is 1.98. The first-order valence-electron chi connectivity index (χ1n) is 9.14. The molecule has 0 atom stereocenters. The van der Waals surface area contributed by atoms with Gasteiger partial charge in [0, 0.05) is 10.6 Å². The van der Waals surface area contributed by atoms with E-state index in [-0.39, 0.29) is 23.5 Å². The van der Waals surface area contributed by atoms with Crippen LogP contribution in [0.5, 0.6) is 0 Å². The van der Waals surface area contributed by atoms with Crippen LogP contribution in [0.1, 0.15) is 56.6 Å². The lowest BCUT2D eigenvalue weighted by Gasteiger charge is -2.05. The molecular weight excluding hydrogens is 391 g/mol. The molecule has 2 rings (SSSR count). The molecule has 28 heavy (non-hydrogen) atoms. The lowest BCUT2D eigenvalue weighted by Crippen LogP contribution is -1.91. The van der Waals surface area contributed by atoms with Crippen molar-refractivity contribution in [2.24, 2.45) is 0 Å². The summed E-state index contributed by atoms with van der Waals surface area (Å²) in [6.45, 7) is 2.28. The Morgan fingerprint density at radius 2 is 1.07 bits per heavy atom. The summed E-state index contributed by atoms with van der Waals surface area (Å²) in [4.78, 5) is 1.37. The molecule has 0 aliphatic rings. The summed E-state index contributed by atoms with van der Waals surface area (Å²) in [5, 5.41) is 0. The molecule has 0 unspecified atom stereocenters. The molecular formula is C22H35F5S. The molecule has 0 bridgehead atoms. The van der Waals surface area contributed by atoms with E-state index < -0.39 is 0 Å². The van der Waals surface area contributed by atoms with Crippen molar-refractivity contribution in [2.45, 2.75) is 63.2 Å². The molecule has 2 aromatic carbocycles. The molecule has 2 aromatic rings. The average molecular weight is 427 g/mol. The predicted molar refractivity (Wildman–Crippen MR) is 117 cm³/mol. The highest BCUT2D eigenvalue weighted by molar-refractivity contribution is 7.99. The van der Waals surface area contributed by atoms with Crippen LogP contribution in [0.4, 0.5) is 23.5 Å². The molecule has 0 nitrogen and oxygen atoms in total. The minimum absolute atomic E-state index is 0. The molecule has 0 spiro atoms. The van der Waals surface area contributed by atoms with Gasteiger partial charge in [-0.3, -0.25) is 23.5 Å². The van der Waals surface area contributed by atoms with E-state index in [0.29, 0.717) is 0 Å². The van der Waals surface area contributed by atoms with E-state index in [4.69, 9.17) is 0 Å². The number of unbranched alkanes of at least 4 members (excludes halogenated alkanes) is 5. The largest absolute Gasteiger partial charge is 0.269 e. The lowest BCUT2D eigenvalue weighted by molar-refractivity contribution is 0.607. The van der Waals surface area contributed by atoms with Gasteiger partial charge in [-0.2, -0.15) is 0 Å². The molecule has 0 radical (unpaired) electrons. The van der Waals surface area contributed by atoms with Gasteiger partial charge < -0.3 is 0 Å². The molecule has 0 fully saturated rings. The molecule has 164 valence electrons. The van der Waals surface area contributed by atoms with E-state index in [2.05, 4.69) is 61.5 Å².